The number of methoxy groups -OCH3 is 1. The Morgan fingerprint density at radius 3 is 2.92 bits per heavy atom. The van der Waals surface area contributed by atoms with E-state index >= 15 is 0 Å². The fraction of sp³-hybridized carbons (Fsp3) is 0.360. The molecule has 0 aliphatic carbocycles. The lowest BCUT2D eigenvalue weighted by molar-refractivity contribution is 0.0963. The third kappa shape index (κ3) is 6.23. The van der Waals surface area contributed by atoms with Crippen LogP contribution in [0.4, 0.5) is 24.5 Å². The number of carbonyl (C=O) groups is 1. The van der Waals surface area contributed by atoms with Crippen LogP contribution < -0.4 is 26.0 Å². The summed E-state index contributed by atoms with van der Waals surface area (Å²) in [5.41, 5.74) is 2.14. The summed E-state index contributed by atoms with van der Waals surface area (Å²) in [4.78, 5) is 16.5. The molecular weight excluding hydrogens is 505 g/mol. The van der Waals surface area contributed by atoms with Crippen molar-refractivity contribution in [1.82, 2.24) is 20.0 Å². The molecule has 12 heteroatoms. The number of halogens is 3. The third-order valence-corrected chi connectivity index (χ3v) is 6.61. The molecular formula is C25H27F3N6O2S. The molecule has 0 spiro atoms. The van der Waals surface area contributed by atoms with Gasteiger partial charge in [-0.15, -0.1) is 0 Å². The van der Waals surface area contributed by atoms with Crippen molar-refractivity contribution in [3.05, 3.63) is 47.8 Å². The summed E-state index contributed by atoms with van der Waals surface area (Å²) in [5.74, 6) is 3.38. The van der Waals surface area contributed by atoms with Crippen molar-refractivity contribution in [3.8, 4) is 17.6 Å². The summed E-state index contributed by atoms with van der Waals surface area (Å²) in [6.07, 6.45) is 1.14. The minimum atomic E-state index is -2.67. The van der Waals surface area contributed by atoms with E-state index in [2.05, 4.69) is 38.1 Å². The maximum Gasteiger partial charge on any atom is 0.290 e. The molecule has 1 aliphatic heterocycles. The van der Waals surface area contributed by atoms with Gasteiger partial charge >= 0.3 is 0 Å². The zero-order chi connectivity index (χ0) is 26.4. The van der Waals surface area contributed by atoms with Crippen molar-refractivity contribution < 1.29 is 22.7 Å². The van der Waals surface area contributed by atoms with E-state index in [1.54, 1.807) is 40.9 Å². The van der Waals surface area contributed by atoms with Crippen molar-refractivity contribution in [2.75, 3.05) is 44.4 Å². The summed E-state index contributed by atoms with van der Waals surface area (Å²) in [7, 11) is 3.05. The molecule has 2 aromatic heterocycles. The van der Waals surface area contributed by atoms with Crippen molar-refractivity contribution in [3.63, 3.8) is 0 Å². The molecule has 1 fully saturated rings. The number of carbonyl (C=O) groups excluding carboxylic acids is 1. The predicted molar refractivity (Wildman–Crippen MR) is 139 cm³/mol. The lowest BCUT2D eigenvalue weighted by Crippen LogP contribution is -2.45. The van der Waals surface area contributed by atoms with Crippen LogP contribution in [-0.4, -0.2) is 67.1 Å². The first kappa shape index (κ1) is 26.5. The van der Waals surface area contributed by atoms with Gasteiger partial charge in [0.1, 0.15) is 22.6 Å². The van der Waals surface area contributed by atoms with Gasteiger partial charge in [-0.05, 0) is 61.0 Å². The average Bonchev–Trinajstić information content (AvgIpc) is 3.24. The Labute approximate surface area is 216 Å². The number of imidazole rings is 1. The topological polar surface area (TPSA) is 91.7 Å². The largest absolute Gasteiger partial charge is 0.495 e. The highest BCUT2D eigenvalue weighted by Gasteiger charge is 2.26. The average molecular weight is 533 g/mol. The lowest BCUT2D eigenvalue weighted by atomic mass is 10.0. The van der Waals surface area contributed by atoms with Crippen molar-refractivity contribution in [2.24, 2.45) is 0 Å². The van der Waals surface area contributed by atoms with Gasteiger partial charge in [0.15, 0.2) is 5.65 Å². The molecule has 8 nitrogen and oxygen atoms in total. The Hall–Kier alpha value is -3.56. The van der Waals surface area contributed by atoms with Crippen LogP contribution in [-0.2, 0) is 0 Å². The molecule has 1 aliphatic rings. The number of anilines is 2. The quantitative estimate of drug-likeness (QED) is 0.260. The standard InChI is InChI=1S/C25H27F3N6O2S/c1-29-23(35)15-7-8-21(36-2)20(13-15)31-10-3-5-19-24(37-25(27)28)34-12-4-6-18(22(34)33-19)32-17-9-11-30-14-16(17)26/h4,6-8,12-13,16-17,25,30-32H,9-11,14H2,1-2H3,(H,29,35)/t16-,17+/m0/s1. The molecule has 0 saturated carbocycles. The Kier molecular flexibility index (Phi) is 8.68. The number of hydrogen-bond donors (Lipinski definition) is 4. The molecule has 2 atom stereocenters. The number of alkyl halides is 3. The first-order valence-electron chi connectivity index (χ1n) is 11.6. The SMILES string of the molecule is CNC(=O)c1ccc(OC)c(NCC#Cc2nc3c(N[C@@H]4CCNC[C@@H]4F)cccn3c2SC(F)F)c1. The monoisotopic (exact) mass is 532 g/mol. The Morgan fingerprint density at radius 1 is 1.35 bits per heavy atom. The number of thioether (sulfide) groups is 1. The van der Waals surface area contributed by atoms with Gasteiger partial charge in [0.05, 0.1) is 31.1 Å². The number of nitrogens with one attached hydrogen (secondary N) is 4. The molecule has 0 bridgehead atoms. The van der Waals surface area contributed by atoms with Crippen LogP contribution in [0.3, 0.4) is 0 Å². The summed E-state index contributed by atoms with van der Waals surface area (Å²) in [5, 5.41) is 12.0. The van der Waals surface area contributed by atoms with Gasteiger partial charge in [-0.25, -0.2) is 9.37 Å². The van der Waals surface area contributed by atoms with Crippen LogP contribution in [0.15, 0.2) is 41.6 Å². The molecule has 3 heterocycles. The van der Waals surface area contributed by atoms with Gasteiger partial charge in [0.25, 0.3) is 11.7 Å². The number of pyridine rings is 1. The fourth-order valence-corrected chi connectivity index (χ4v) is 4.66. The molecule has 4 rings (SSSR count). The number of benzene rings is 1. The highest BCUT2D eigenvalue weighted by atomic mass is 32.2. The normalized spacial score (nSPS) is 17.2. The van der Waals surface area contributed by atoms with E-state index in [1.165, 1.54) is 14.2 Å². The van der Waals surface area contributed by atoms with Gasteiger partial charge in [-0.2, -0.15) is 8.78 Å². The molecule has 0 radical (unpaired) electrons. The Balaban J connectivity index is 1.59. The fourth-order valence-electron chi connectivity index (χ4n) is 4.02. The van der Waals surface area contributed by atoms with Crippen molar-refractivity contribution in [1.29, 1.82) is 0 Å². The lowest BCUT2D eigenvalue weighted by Gasteiger charge is -2.28. The third-order valence-electron chi connectivity index (χ3n) is 5.82. The number of aromatic nitrogens is 2. The second kappa shape index (κ2) is 12.1. The number of hydrogen-bond acceptors (Lipinski definition) is 7. The minimum Gasteiger partial charge on any atom is -0.495 e. The molecule has 4 N–H and O–H groups in total. The van der Waals surface area contributed by atoms with E-state index in [1.807, 2.05) is 0 Å². The van der Waals surface area contributed by atoms with Crippen molar-refractivity contribution >= 4 is 34.7 Å². The van der Waals surface area contributed by atoms with Crippen LogP contribution in [0.25, 0.3) is 5.65 Å². The Bertz CT molecular complexity index is 1320. The first-order valence-corrected chi connectivity index (χ1v) is 12.5. The molecule has 0 unspecified atom stereocenters. The van der Waals surface area contributed by atoms with E-state index in [4.69, 9.17) is 4.74 Å². The number of nitrogens with zero attached hydrogens (tertiary/aromatic N) is 2. The first-order chi connectivity index (χ1) is 17.9. The molecule has 37 heavy (non-hydrogen) atoms. The molecule has 1 amide bonds. The maximum absolute atomic E-state index is 14.4. The number of amides is 1. The summed E-state index contributed by atoms with van der Waals surface area (Å²) < 4.78 is 48.0. The smallest absolute Gasteiger partial charge is 0.290 e. The Morgan fingerprint density at radius 2 is 2.19 bits per heavy atom. The van der Waals surface area contributed by atoms with E-state index in [-0.39, 0.29) is 29.7 Å². The number of rotatable bonds is 8. The molecule has 1 saturated heterocycles. The summed E-state index contributed by atoms with van der Waals surface area (Å²) >= 11 is 0.353. The van der Waals surface area contributed by atoms with Crippen LogP contribution in [0.5, 0.6) is 5.75 Å². The van der Waals surface area contributed by atoms with Gasteiger partial charge in [0.2, 0.25) is 0 Å². The second-order valence-corrected chi connectivity index (χ2v) is 9.15. The molecule has 196 valence electrons. The van der Waals surface area contributed by atoms with Crippen LogP contribution in [0.1, 0.15) is 22.5 Å². The van der Waals surface area contributed by atoms with E-state index in [0.29, 0.717) is 53.1 Å². The zero-order valence-corrected chi connectivity index (χ0v) is 21.1. The van der Waals surface area contributed by atoms with Crippen LogP contribution >= 0.6 is 11.8 Å². The highest BCUT2D eigenvalue weighted by Crippen LogP contribution is 2.32. The zero-order valence-electron chi connectivity index (χ0n) is 20.3. The maximum atomic E-state index is 14.4. The molecule has 3 aromatic rings. The van der Waals surface area contributed by atoms with Gasteiger partial charge in [-0.3, -0.25) is 9.20 Å². The van der Waals surface area contributed by atoms with Crippen LogP contribution in [0, 0.1) is 11.8 Å². The van der Waals surface area contributed by atoms with E-state index in [0.717, 1.165) is 0 Å². The van der Waals surface area contributed by atoms with E-state index in [9.17, 15) is 18.0 Å². The van der Waals surface area contributed by atoms with E-state index < -0.39 is 18.0 Å². The minimum absolute atomic E-state index is 0.143. The summed E-state index contributed by atoms with van der Waals surface area (Å²) in [6, 6.07) is 7.98. The summed E-state index contributed by atoms with van der Waals surface area (Å²) in [6.45, 7) is 1.08. The second-order valence-electron chi connectivity index (χ2n) is 8.17. The van der Waals surface area contributed by atoms with Crippen LogP contribution in [0.2, 0.25) is 0 Å². The number of fused-ring (bicyclic) bond motifs is 1. The van der Waals surface area contributed by atoms with Gasteiger partial charge in [0, 0.05) is 25.4 Å². The molecule has 1 aromatic carbocycles. The van der Waals surface area contributed by atoms with Crippen molar-refractivity contribution in [2.45, 2.75) is 29.4 Å². The highest BCUT2D eigenvalue weighted by molar-refractivity contribution is 7.99. The number of ether oxygens (including phenoxy) is 1. The number of piperidine rings is 1. The predicted octanol–water partition coefficient (Wildman–Crippen LogP) is 3.59. The van der Waals surface area contributed by atoms with Gasteiger partial charge < -0.3 is 26.0 Å². The van der Waals surface area contributed by atoms with Gasteiger partial charge in [-0.1, -0.05) is 5.92 Å².